The highest BCUT2D eigenvalue weighted by Crippen LogP contribution is 2.22. The van der Waals surface area contributed by atoms with Gasteiger partial charge in [-0.2, -0.15) is 0 Å². The summed E-state index contributed by atoms with van der Waals surface area (Å²) in [5.41, 5.74) is 7.60. The zero-order chi connectivity index (χ0) is 17.2. The smallest absolute Gasteiger partial charge is 0.158 e. The Morgan fingerprint density at radius 3 is 2.39 bits per heavy atom. The van der Waals surface area contributed by atoms with Crippen molar-refractivity contribution in [1.29, 1.82) is 0 Å². The van der Waals surface area contributed by atoms with Crippen LogP contribution >= 0.6 is 23.2 Å². The molecule has 0 amide bonds. The predicted molar refractivity (Wildman–Crippen MR) is 97.6 cm³/mol. The van der Waals surface area contributed by atoms with E-state index in [0.29, 0.717) is 27.6 Å². The van der Waals surface area contributed by atoms with Crippen molar-refractivity contribution in [3.05, 3.63) is 69.7 Å². The summed E-state index contributed by atoms with van der Waals surface area (Å²) in [6, 6.07) is 14.4. The van der Waals surface area contributed by atoms with Crippen LogP contribution < -0.4 is 11.1 Å². The highest BCUT2D eigenvalue weighted by molar-refractivity contribution is 6.36. The lowest BCUT2D eigenvalue weighted by molar-refractivity contribution is -0.108. The molecule has 122 valence electrons. The summed E-state index contributed by atoms with van der Waals surface area (Å²) in [7, 11) is 3.75. The summed E-state index contributed by atoms with van der Waals surface area (Å²) in [4.78, 5) is 15.0. The van der Waals surface area contributed by atoms with Gasteiger partial charge in [0.1, 0.15) is 0 Å². The van der Waals surface area contributed by atoms with Crippen molar-refractivity contribution in [1.82, 2.24) is 5.32 Å². The van der Waals surface area contributed by atoms with E-state index >= 15 is 0 Å². The number of halogens is 2. The van der Waals surface area contributed by atoms with Crippen molar-refractivity contribution < 1.29 is 4.79 Å². The van der Waals surface area contributed by atoms with Gasteiger partial charge in [0.15, 0.2) is 12.5 Å². The Bertz CT molecular complexity index is 674. The molecule has 0 aliphatic rings. The maximum atomic E-state index is 10.8. The lowest BCUT2D eigenvalue weighted by Gasteiger charge is -2.11. The molecule has 2 aromatic rings. The first-order valence-electron chi connectivity index (χ1n) is 6.91. The third-order valence-corrected chi connectivity index (χ3v) is 3.21. The number of aliphatic imine (C=N–C) groups is 1. The minimum absolute atomic E-state index is 0.532. The molecule has 0 aliphatic heterocycles. The highest BCUT2D eigenvalue weighted by Gasteiger charge is 2.12. The molecule has 0 bridgehead atoms. The molecule has 0 aromatic heterocycles. The average molecular weight is 352 g/mol. The molecule has 0 spiro atoms. The molecule has 6 heteroatoms. The molecule has 0 saturated heterocycles. The van der Waals surface area contributed by atoms with E-state index in [1.165, 1.54) is 0 Å². The predicted octanol–water partition coefficient (Wildman–Crippen LogP) is 3.15. The minimum atomic E-state index is -0.944. The second-order valence-corrected chi connectivity index (χ2v) is 5.44. The zero-order valence-electron chi connectivity index (χ0n) is 13.0. The van der Waals surface area contributed by atoms with Crippen LogP contribution in [0.25, 0.3) is 0 Å². The topological polar surface area (TPSA) is 67.5 Å². The van der Waals surface area contributed by atoms with E-state index in [1.54, 1.807) is 24.3 Å². The van der Waals surface area contributed by atoms with Gasteiger partial charge in [-0.3, -0.25) is 9.79 Å². The first kappa shape index (κ1) is 19.3. The van der Waals surface area contributed by atoms with Gasteiger partial charge in [-0.1, -0.05) is 53.5 Å². The summed E-state index contributed by atoms with van der Waals surface area (Å²) < 4.78 is 0. The van der Waals surface area contributed by atoms with Crippen molar-refractivity contribution in [2.75, 3.05) is 14.1 Å². The van der Waals surface area contributed by atoms with E-state index in [9.17, 15) is 4.79 Å². The van der Waals surface area contributed by atoms with Gasteiger partial charge < -0.3 is 11.1 Å². The lowest BCUT2D eigenvalue weighted by atomic mass is 10.0. The number of aldehydes is 1. The number of nitrogens with two attached hydrogens (primary N) is 1. The van der Waals surface area contributed by atoms with Crippen LogP contribution in [-0.4, -0.2) is 32.3 Å². The fourth-order valence-electron chi connectivity index (χ4n) is 1.77. The molecule has 2 rings (SSSR count). The minimum Gasteiger partial charge on any atom is -0.323 e. The Morgan fingerprint density at radius 1 is 1.17 bits per heavy atom. The molecule has 1 atom stereocenters. The molecular formula is C17H19Cl2N3O. The van der Waals surface area contributed by atoms with Crippen LogP contribution in [0.15, 0.2) is 53.5 Å². The Balaban J connectivity index is 0.000000816. The number of benzene rings is 2. The van der Waals surface area contributed by atoms with Crippen molar-refractivity contribution in [3.63, 3.8) is 0 Å². The van der Waals surface area contributed by atoms with E-state index in [2.05, 4.69) is 10.3 Å². The third-order valence-electron chi connectivity index (χ3n) is 2.64. The second kappa shape index (κ2) is 10.1. The SMILES string of the molecule is CNC.NC(C=O)/N=C(\c1cccc(Cl)c1)c1ccccc1Cl. The first-order chi connectivity index (χ1) is 11.0. The number of carbonyl (C=O) groups is 1. The summed E-state index contributed by atoms with van der Waals surface area (Å²) in [6.07, 6.45) is -0.373. The monoisotopic (exact) mass is 351 g/mol. The molecule has 0 fully saturated rings. The number of nitrogens with one attached hydrogen (secondary N) is 1. The zero-order valence-corrected chi connectivity index (χ0v) is 14.5. The normalized spacial score (nSPS) is 12.1. The van der Waals surface area contributed by atoms with E-state index in [4.69, 9.17) is 28.9 Å². The molecule has 0 radical (unpaired) electrons. The van der Waals surface area contributed by atoms with E-state index in [1.807, 2.05) is 38.4 Å². The number of carbonyl (C=O) groups excluding carboxylic acids is 1. The van der Waals surface area contributed by atoms with Gasteiger partial charge in [-0.15, -0.1) is 0 Å². The maximum Gasteiger partial charge on any atom is 0.158 e. The molecule has 23 heavy (non-hydrogen) atoms. The van der Waals surface area contributed by atoms with E-state index in [0.717, 1.165) is 5.56 Å². The van der Waals surface area contributed by atoms with Crippen LogP contribution in [0, 0.1) is 0 Å². The largest absolute Gasteiger partial charge is 0.323 e. The Labute approximate surface area is 146 Å². The van der Waals surface area contributed by atoms with Crippen molar-refractivity contribution in [2.24, 2.45) is 10.7 Å². The van der Waals surface area contributed by atoms with Crippen LogP contribution in [-0.2, 0) is 4.79 Å². The first-order valence-corrected chi connectivity index (χ1v) is 7.67. The second-order valence-electron chi connectivity index (χ2n) is 4.59. The quantitative estimate of drug-likeness (QED) is 0.656. The standard InChI is InChI=1S/C15H12Cl2N2O.C2H7N/c16-11-5-3-4-10(8-11)15(19-14(18)9-20)12-6-1-2-7-13(12)17;1-3-2/h1-9,14H,18H2;3H,1-2H3/b19-15+;. The summed E-state index contributed by atoms with van der Waals surface area (Å²) in [5, 5.41) is 3.85. The Morgan fingerprint density at radius 2 is 1.83 bits per heavy atom. The number of rotatable bonds is 4. The van der Waals surface area contributed by atoms with E-state index < -0.39 is 6.17 Å². The van der Waals surface area contributed by atoms with Gasteiger partial charge in [-0.25, -0.2) is 0 Å². The van der Waals surface area contributed by atoms with Crippen molar-refractivity contribution in [3.8, 4) is 0 Å². The van der Waals surface area contributed by atoms with Gasteiger partial charge in [0, 0.05) is 21.2 Å². The van der Waals surface area contributed by atoms with Gasteiger partial charge in [0.2, 0.25) is 0 Å². The van der Waals surface area contributed by atoms with Gasteiger partial charge >= 0.3 is 0 Å². The molecular weight excluding hydrogens is 333 g/mol. The molecule has 0 saturated carbocycles. The molecule has 1 unspecified atom stereocenters. The fraction of sp³-hybridized carbons (Fsp3) is 0.176. The fourth-order valence-corrected chi connectivity index (χ4v) is 2.18. The van der Waals surface area contributed by atoms with Gasteiger partial charge in [0.25, 0.3) is 0 Å². The molecule has 2 aromatic carbocycles. The maximum absolute atomic E-state index is 10.8. The van der Waals surface area contributed by atoms with Crippen LogP contribution in [0.4, 0.5) is 0 Å². The molecule has 0 heterocycles. The van der Waals surface area contributed by atoms with Crippen LogP contribution in [0.5, 0.6) is 0 Å². The summed E-state index contributed by atoms with van der Waals surface area (Å²) in [6.45, 7) is 0. The lowest BCUT2D eigenvalue weighted by Crippen LogP contribution is -2.21. The van der Waals surface area contributed by atoms with Crippen LogP contribution in [0.2, 0.25) is 10.0 Å². The van der Waals surface area contributed by atoms with E-state index in [-0.39, 0.29) is 0 Å². The summed E-state index contributed by atoms with van der Waals surface area (Å²) in [5.74, 6) is 0. The number of hydrogen-bond donors (Lipinski definition) is 2. The number of hydrogen-bond acceptors (Lipinski definition) is 4. The molecule has 4 nitrogen and oxygen atoms in total. The summed E-state index contributed by atoms with van der Waals surface area (Å²) >= 11 is 12.2. The Kier molecular flexibility index (Phi) is 8.51. The Hall–Kier alpha value is -1.72. The molecule has 0 aliphatic carbocycles. The van der Waals surface area contributed by atoms with Crippen LogP contribution in [0.3, 0.4) is 0 Å². The number of nitrogens with zero attached hydrogens (tertiary/aromatic N) is 1. The highest BCUT2D eigenvalue weighted by atomic mass is 35.5. The van der Waals surface area contributed by atoms with Crippen molar-refractivity contribution in [2.45, 2.75) is 6.17 Å². The van der Waals surface area contributed by atoms with Gasteiger partial charge in [0.05, 0.1) is 5.71 Å². The van der Waals surface area contributed by atoms with Gasteiger partial charge in [-0.05, 0) is 32.3 Å². The molecule has 3 N–H and O–H groups in total. The van der Waals surface area contributed by atoms with Crippen LogP contribution in [0.1, 0.15) is 11.1 Å². The van der Waals surface area contributed by atoms with Crippen molar-refractivity contribution >= 4 is 35.2 Å². The third kappa shape index (κ3) is 6.12. The average Bonchev–Trinajstić information content (AvgIpc) is 2.54.